The van der Waals surface area contributed by atoms with Crippen molar-refractivity contribution in [1.29, 1.82) is 0 Å². The van der Waals surface area contributed by atoms with E-state index in [0.717, 1.165) is 29.9 Å². The molecule has 1 atom stereocenters. The van der Waals surface area contributed by atoms with Gasteiger partial charge in [0.1, 0.15) is 31.6 Å². The van der Waals surface area contributed by atoms with Gasteiger partial charge in [0.15, 0.2) is 0 Å². The molecule has 0 radical (unpaired) electrons. The molecule has 0 saturated heterocycles. The van der Waals surface area contributed by atoms with Gasteiger partial charge in [-0.3, -0.25) is 0 Å². The molecule has 4 nitrogen and oxygen atoms in total. The van der Waals surface area contributed by atoms with Crippen LogP contribution in [-0.2, 0) is 24.4 Å². The van der Waals surface area contributed by atoms with Gasteiger partial charge in [0.25, 0.3) is 0 Å². The van der Waals surface area contributed by atoms with Crippen molar-refractivity contribution in [2.75, 3.05) is 11.9 Å². The van der Waals surface area contributed by atoms with Crippen LogP contribution in [0.1, 0.15) is 22.8 Å². The second-order valence-corrected chi connectivity index (χ2v) is 9.98. The largest absolute Gasteiger partial charge is 0.381 e. The lowest BCUT2D eigenvalue weighted by Crippen LogP contribution is -2.35. The fourth-order valence-electron chi connectivity index (χ4n) is 3.79. The van der Waals surface area contributed by atoms with Crippen molar-refractivity contribution < 1.29 is 9.30 Å². The van der Waals surface area contributed by atoms with E-state index in [1.165, 1.54) is 5.56 Å². The summed E-state index contributed by atoms with van der Waals surface area (Å²) in [5.74, 6) is 0. The average Bonchev–Trinajstić information content (AvgIpc) is 3.26. The van der Waals surface area contributed by atoms with E-state index in [0.29, 0.717) is 33.2 Å². The van der Waals surface area contributed by atoms with Crippen molar-refractivity contribution in [1.82, 2.24) is 4.57 Å². The molecule has 0 saturated carbocycles. The number of hydrogen-bond acceptors (Lipinski definition) is 2. The van der Waals surface area contributed by atoms with Crippen molar-refractivity contribution in [2.24, 2.45) is 0 Å². The van der Waals surface area contributed by atoms with Crippen LogP contribution in [0.3, 0.4) is 0 Å². The summed E-state index contributed by atoms with van der Waals surface area (Å²) in [5, 5.41) is 5.79. The van der Waals surface area contributed by atoms with Gasteiger partial charge in [0.05, 0.1) is 13.2 Å². The van der Waals surface area contributed by atoms with E-state index in [2.05, 4.69) is 46.0 Å². The van der Waals surface area contributed by atoms with Gasteiger partial charge in [-0.15, -0.1) is 0 Å². The third-order valence-corrected chi connectivity index (χ3v) is 6.87. The van der Waals surface area contributed by atoms with Crippen LogP contribution in [0.15, 0.2) is 79.4 Å². The maximum Gasteiger partial charge on any atom is 0.243 e. The van der Waals surface area contributed by atoms with E-state index in [9.17, 15) is 0 Å². The molecule has 0 fully saturated rings. The first-order valence-electron chi connectivity index (χ1n) is 11.2. The van der Waals surface area contributed by atoms with Gasteiger partial charge in [-0.05, 0) is 48.4 Å². The summed E-state index contributed by atoms with van der Waals surface area (Å²) in [6.45, 7) is 4.64. The fraction of sp³-hybridized carbons (Fsp3) is 0.222. The van der Waals surface area contributed by atoms with Crippen molar-refractivity contribution >= 4 is 52.1 Å². The standard InChI is InChI=1S/C27H26Cl4N3O/c1-19-4-2-3-5-26(19)32-10-11-33-12-13-34(18-33)16-27(23-9-8-22(29)15-25(23)31)35-17-20-6-7-21(28)14-24(20)30/h2-9,12-15,18,27,32H,10-11,16-17H2,1H3/q+1. The molecule has 1 unspecified atom stereocenters. The Bertz CT molecular complexity index is 1290. The van der Waals surface area contributed by atoms with Gasteiger partial charge >= 0.3 is 0 Å². The van der Waals surface area contributed by atoms with Crippen LogP contribution < -0.4 is 9.88 Å². The van der Waals surface area contributed by atoms with Crippen LogP contribution in [0.25, 0.3) is 0 Å². The highest BCUT2D eigenvalue weighted by molar-refractivity contribution is 6.35. The first-order chi connectivity index (χ1) is 16.9. The summed E-state index contributed by atoms with van der Waals surface area (Å²) in [7, 11) is 0. The number of rotatable bonds is 10. The molecule has 0 spiro atoms. The molecule has 0 aliphatic heterocycles. The highest BCUT2D eigenvalue weighted by Gasteiger charge is 2.20. The van der Waals surface area contributed by atoms with Gasteiger partial charge in [-0.1, -0.05) is 76.7 Å². The van der Waals surface area contributed by atoms with Crippen molar-refractivity contribution in [3.05, 3.63) is 116 Å². The predicted molar refractivity (Wildman–Crippen MR) is 145 cm³/mol. The monoisotopic (exact) mass is 548 g/mol. The Morgan fingerprint density at radius 1 is 0.943 bits per heavy atom. The van der Waals surface area contributed by atoms with E-state index in [1.807, 2.05) is 36.5 Å². The summed E-state index contributed by atoms with van der Waals surface area (Å²) in [6, 6.07) is 19.1. The van der Waals surface area contributed by atoms with Crippen molar-refractivity contribution in [2.45, 2.75) is 32.7 Å². The Morgan fingerprint density at radius 2 is 1.69 bits per heavy atom. The molecular formula is C27H26Cl4N3O+. The Kier molecular flexibility index (Phi) is 8.99. The number of aryl methyl sites for hydroxylation is 1. The highest BCUT2D eigenvalue weighted by Crippen LogP contribution is 2.31. The summed E-state index contributed by atoms with van der Waals surface area (Å²) in [5.41, 5.74) is 4.11. The van der Waals surface area contributed by atoms with Crippen molar-refractivity contribution in [3.63, 3.8) is 0 Å². The molecule has 3 aromatic carbocycles. The molecular weight excluding hydrogens is 524 g/mol. The number of benzene rings is 3. The normalized spacial score (nSPS) is 12.0. The van der Waals surface area contributed by atoms with Gasteiger partial charge in [-0.2, -0.15) is 0 Å². The minimum Gasteiger partial charge on any atom is -0.381 e. The SMILES string of the molecule is Cc1ccccc1NCCn1cc[n+](CC(OCc2ccc(Cl)cc2Cl)c2ccc(Cl)cc2Cl)c1. The van der Waals surface area contributed by atoms with Crippen LogP contribution in [0.4, 0.5) is 5.69 Å². The highest BCUT2D eigenvalue weighted by atomic mass is 35.5. The molecule has 4 rings (SSSR count). The molecule has 1 aromatic heterocycles. The Balaban J connectivity index is 1.44. The van der Waals surface area contributed by atoms with Crippen LogP contribution >= 0.6 is 46.4 Å². The first-order valence-corrected chi connectivity index (χ1v) is 12.7. The number of para-hydroxylation sites is 1. The van der Waals surface area contributed by atoms with E-state index in [4.69, 9.17) is 51.1 Å². The van der Waals surface area contributed by atoms with E-state index in [-0.39, 0.29) is 6.10 Å². The van der Waals surface area contributed by atoms with Gasteiger partial charge in [0.2, 0.25) is 6.33 Å². The maximum atomic E-state index is 6.54. The molecule has 1 heterocycles. The third kappa shape index (κ3) is 7.16. The molecule has 0 aliphatic rings. The van der Waals surface area contributed by atoms with Crippen molar-refractivity contribution in [3.8, 4) is 0 Å². The lowest BCUT2D eigenvalue weighted by molar-refractivity contribution is -0.704. The summed E-state index contributed by atoms with van der Waals surface area (Å²) in [6.07, 6.45) is 5.84. The Morgan fingerprint density at radius 3 is 2.43 bits per heavy atom. The Labute approximate surface area is 226 Å². The number of ether oxygens (including phenoxy) is 1. The summed E-state index contributed by atoms with van der Waals surface area (Å²) >= 11 is 25.1. The van der Waals surface area contributed by atoms with E-state index < -0.39 is 0 Å². The molecule has 182 valence electrons. The quantitative estimate of drug-likeness (QED) is 0.205. The van der Waals surface area contributed by atoms with Crippen LogP contribution in [0.5, 0.6) is 0 Å². The van der Waals surface area contributed by atoms with Gasteiger partial charge in [-0.25, -0.2) is 9.13 Å². The van der Waals surface area contributed by atoms with E-state index >= 15 is 0 Å². The minimum absolute atomic E-state index is 0.308. The maximum absolute atomic E-state index is 6.54. The molecule has 4 aromatic rings. The second-order valence-electron chi connectivity index (χ2n) is 8.29. The van der Waals surface area contributed by atoms with Crippen LogP contribution in [0, 0.1) is 6.92 Å². The third-order valence-electron chi connectivity index (χ3n) is 5.72. The zero-order valence-electron chi connectivity index (χ0n) is 19.2. The minimum atomic E-state index is -0.308. The smallest absolute Gasteiger partial charge is 0.243 e. The second kappa shape index (κ2) is 12.2. The zero-order chi connectivity index (χ0) is 24.8. The number of halogens is 4. The number of imidazole rings is 1. The van der Waals surface area contributed by atoms with Crippen LogP contribution in [0.2, 0.25) is 20.1 Å². The topological polar surface area (TPSA) is 30.1 Å². The number of aromatic nitrogens is 2. The van der Waals surface area contributed by atoms with E-state index in [1.54, 1.807) is 18.2 Å². The van der Waals surface area contributed by atoms with Gasteiger partial charge < -0.3 is 10.1 Å². The number of nitrogens with zero attached hydrogens (tertiary/aromatic N) is 2. The lowest BCUT2D eigenvalue weighted by Gasteiger charge is -2.19. The van der Waals surface area contributed by atoms with Crippen LogP contribution in [-0.4, -0.2) is 11.1 Å². The average molecular weight is 550 g/mol. The predicted octanol–water partition coefficient (Wildman–Crippen LogP) is 7.77. The number of nitrogens with one attached hydrogen (secondary N) is 1. The molecule has 0 bridgehead atoms. The first kappa shape index (κ1) is 25.9. The molecule has 1 N–H and O–H groups in total. The lowest BCUT2D eigenvalue weighted by atomic mass is 10.1. The summed E-state index contributed by atoms with van der Waals surface area (Å²) in [4.78, 5) is 0. The zero-order valence-corrected chi connectivity index (χ0v) is 22.2. The number of hydrogen-bond donors (Lipinski definition) is 1. The Hall–Kier alpha value is -2.21. The summed E-state index contributed by atoms with van der Waals surface area (Å²) < 4.78 is 10.6. The van der Waals surface area contributed by atoms with Gasteiger partial charge in [0, 0.05) is 31.3 Å². The molecule has 0 amide bonds. The molecule has 0 aliphatic carbocycles. The fourth-order valence-corrected chi connectivity index (χ4v) is 4.79. The molecule has 35 heavy (non-hydrogen) atoms. The molecule has 8 heteroatoms. The number of anilines is 1.